The second-order valence-corrected chi connectivity index (χ2v) is 6.22. The monoisotopic (exact) mass is 373 g/mol. The van der Waals surface area contributed by atoms with Gasteiger partial charge in [0, 0.05) is 17.1 Å². The van der Waals surface area contributed by atoms with Crippen LogP contribution in [-0.2, 0) is 19.1 Å². The van der Waals surface area contributed by atoms with Crippen LogP contribution in [0.5, 0.6) is 0 Å². The molecular formula is C15H13ClFNO5S. The molecule has 2 rings (SSSR count). The van der Waals surface area contributed by atoms with Crippen LogP contribution in [0.15, 0.2) is 18.2 Å². The normalized spacial score (nSPS) is 10.5. The number of carbonyl (C=O) groups is 3. The lowest BCUT2D eigenvalue weighted by Crippen LogP contribution is -2.35. The minimum atomic E-state index is -0.790. The summed E-state index contributed by atoms with van der Waals surface area (Å²) in [5.41, 5.74) is 0. The highest BCUT2D eigenvalue weighted by atomic mass is 35.5. The van der Waals surface area contributed by atoms with Crippen LogP contribution in [-0.4, -0.2) is 50.1 Å². The highest BCUT2D eigenvalue weighted by Gasteiger charge is 2.21. The lowest BCUT2D eigenvalue weighted by atomic mass is 10.2. The Morgan fingerprint density at radius 2 is 2.04 bits per heavy atom. The van der Waals surface area contributed by atoms with E-state index in [1.807, 2.05) is 0 Å². The lowest BCUT2D eigenvalue weighted by molar-refractivity contribution is -0.147. The zero-order valence-corrected chi connectivity index (χ0v) is 14.4. The summed E-state index contributed by atoms with van der Waals surface area (Å²) in [6.07, 6.45) is 0. The molecule has 6 nitrogen and oxygen atoms in total. The van der Waals surface area contributed by atoms with E-state index in [0.29, 0.717) is 10.1 Å². The molecule has 0 bridgehead atoms. The first-order chi connectivity index (χ1) is 11.3. The number of methoxy groups -OCH3 is 1. The summed E-state index contributed by atoms with van der Waals surface area (Å²) in [7, 11) is 2.58. The fraction of sp³-hybridized carbons (Fsp3) is 0.267. The van der Waals surface area contributed by atoms with Crippen LogP contribution in [0, 0.1) is 5.82 Å². The predicted octanol–water partition coefficient (Wildman–Crippen LogP) is 2.48. The summed E-state index contributed by atoms with van der Waals surface area (Å²) >= 11 is 7.08. The zero-order valence-electron chi connectivity index (χ0n) is 12.8. The Bertz CT molecular complexity index is 807. The Morgan fingerprint density at radius 3 is 2.71 bits per heavy atom. The van der Waals surface area contributed by atoms with Gasteiger partial charge in [-0.05, 0) is 18.2 Å². The Morgan fingerprint density at radius 1 is 1.33 bits per heavy atom. The number of fused-ring (bicyclic) bond motifs is 1. The van der Waals surface area contributed by atoms with E-state index in [2.05, 4.69) is 4.74 Å². The van der Waals surface area contributed by atoms with Gasteiger partial charge in [-0.3, -0.25) is 9.59 Å². The largest absolute Gasteiger partial charge is 0.468 e. The molecule has 1 aromatic carbocycles. The number of ether oxygens (including phenoxy) is 2. The highest BCUT2D eigenvalue weighted by Crippen LogP contribution is 2.36. The standard InChI is InChI=1S/C15H13ClFNO5S/c1-18(6-12(20)22-2)11(19)7-23-15(21)14-13(16)9-4-3-8(17)5-10(9)24-14/h3-5H,6-7H2,1-2H3. The van der Waals surface area contributed by atoms with Gasteiger partial charge < -0.3 is 14.4 Å². The number of halogens is 2. The van der Waals surface area contributed by atoms with Crippen LogP contribution < -0.4 is 0 Å². The van der Waals surface area contributed by atoms with Crippen LogP contribution in [0.1, 0.15) is 9.67 Å². The van der Waals surface area contributed by atoms with Crippen molar-refractivity contribution >= 4 is 50.9 Å². The van der Waals surface area contributed by atoms with Crippen molar-refractivity contribution in [3.63, 3.8) is 0 Å². The van der Waals surface area contributed by atoms with Crippen LogP contribution >= 0.6 is 22.9 Å². The van der Waals surface area contributed by atoms with Crippen LogP contribution in [0.3, 0.4) is 0 Å². The van der Waals surface area contributed by atoms with E-state index in [1.165, 1.54) is 32.4 Å². The summed E-state index contributed by atoms with van der Waals surface area (Å²) in [4.78, 5) is 36.1. The second-order valence-electron chi connectivity index (χ2n) is 4.79. The van der Waals surface area contributed by atoms with Gasteiger partial charge in [0.15, 0.2) is 6.61 Å². The third-order valence-electron chi connectivity index (χ3n) is 3.12. The fourth-order valence-electron chi connectivity index (χ4n) is 1.82. The topological polar surface area (TPSA) is 72.9 Å². The number of amides is 1. The van der Waals surface area contributed by atoms with Crippen molar-refractivity contribution < 1.29 is 28.2 Å². The molecule has 0 aliphatic rings. The van der Waals surface area contributed by atoms with Crippen LogP contribution in [0.25, 0.3) is 10.1 Å². The van der Waals surface area contributed by atoms with Gasteiger partial charge >= 0.3 is 11.9 Å². The van der Waals surface area contributed by atoms with Crippen LogP contribution in [0.2, 0.25) is 5.02 Å². The van der Waals surface area contributed by atoms with Crippen molar-refractivity contribution in [1.82, 2.24) is 4.90 Å². The second kappa shape index (κ2) is 7.59. The maximum Gasteiger partial charge on any atom is 0.350 e. The number of benzene rings is 1. The summed E-state index contributed by atoms with van der Waals surface area (Å²) in [6.45, 7) is -0.804. The summed E-state index contributed by atoms with van der Waals surface area (Å²) in [6, 6.07) is 3.97. The molecule has 0 radical (unpaired) electrons. The summed E-state index contributed by atoms with van der Waals surface area (Å²) in [5, 5.41) is 0.680. The molecule has 128 valence electrons. The number of thiophene rings is 1. The Labute approximate surface area is 145 Å². The van der Waals surface area contributed by atoms with Gasteiger partial charge in [0.05, 0.1) is 12.1 Å². The number of esters is 2. The van der Waals surface area contributed by atoms with Crippen molar-refractivity contribution in [1.29, 1.82) is 0 Å². The Balaban J connectivity index is 2.04. The highest BCUT2D eigenvalue weighted by molar-refractivity contribution is 7.21. The number of carbonyl (C=O) groups excluding carboxylic acids is 3. The first kappa shape index (κ1) is 18.2. The van der Waals surface area contributed by atoms with E-state index in [9.17, 15) is 18.8 Å². The molecule has 0 fully saturated rings. The van der Waals surface area contributed by atoms with Crippen molar-refractivity contribution in [2.24, 2.45) is 0 Å². The molecule has 0 aliphatic carbocycles. The van der Waals surface area contributed by atoms with Crippen molar-refractivity contribution in [3.05, 3.63) is 33.9 Å². The van der Waals surface area contributed by atoms with E-state index in [0.717, 1.165) is 16.2 Å². The van der Waals surface area contributed by atoms with Crippen molar-refractivity contribution in [2.75, 3.05) is 27.3 Å². The maximum absolute atomic E-state index is 13.2. The van der Waals surface area contributed by atoms with Gasteiger partial charge in [0.25, 0.3) is 5.91 Å². The van der Waals surface area contributed by atoms with Gasteiger partial charge in [-0.1, -0.05) is 11.6 Å². The van der Waals surface area contributed by atoms with Gasteiger partial charge in [0.2, 0.25) is 0 Å². The summed E-state index contributed by atoms with van der Waals surface area (Å²) < 4.78 is 23.1. The number of hydrogen-bond acceptors (Lipinski definition) is 6. The molecule has 0 aliphatic heterocycles. The van der Waals surface area contributed by atoms with E-state index in [1.54, 1.807) is 0 Å². The van der Waals surface area contributed by atoms with E-state index < -0.39 is 30.3 Å². The third kappa shape index (κ3) is 4.01. The molecule has 0 saturated heterocycles. The molecule has 1 aromatic heterocycles. The SMILES string of the molecule is COC(=O)CN(C)C(=O)COC(=O)c1sc2cc(F)ccc2c1Cl. The molecule has 24 heavy (non-hydrogen) atoms. The number of rotatable bonds is 5. The van der Waals surface area contributed by atoms with E-state index >= 15 is 0 Å². The van der Waals surface area contributed by atoms with Crippen LogP contribution in [0.4, 0.5) is 4.39 Å². The van der Waals surface area contributed by atoms with E-state index in [-0.39, 0.29) is 16.4 Å². The van der Waals surface area contributed by atoms with E-state index in [4.69, 9.17) is 16.3 Å². The number of hydrogen-bond donors (Lipinski definition) is 0. The number of nitrogens with zero attached hydrogens (tertiary/aromatic N) is 1. The molecule has 0 N–H and O–H groups in total. The molecule has 2 aromatic rings. The summed E-state index contributed by atoms with van der Waals surface area (Å²) in [5.74, 6) is -2.40. The fourth-order valence-corrected chi connectivity index (χ4v) is 3.25. The lowest BCUT2D eigenvalue weighted by Gasteiger charge is -2.15. The molecule has 0 atom stereocenters. The van der Waals surface area contributed by atoms with Crippen molar-refractivity contribution in [2.45, 2.75) is 0 Å². The molecule has 1 heterocycles. The Kier molecular flexibility index (Phi) is 5.74. The molecule has 0 spiro atoms. The van der Waals surface area contributed by atoms with Gasteiger partial charge in [-0.15, -0.1) is 11.3 Å². The number of likely N-dealkylation sites (N-methyl/N-ethyl adjacent to an activating group) is 1. The predicted molar refractivity (Wildman–Crippen MR) is 86.7 cm³/mol. The van der Waals surface area contributed by atoms with Gasteiger partial charge in [-0.2, -0.15) is 0 Å². The average molecular weight is 374 g/mol. The first-order valence-corrected chi connectivity index (χ1v) is 7.88. The van der Waals surface area contributed by atoms with Gasteiger partial charge in [0.1, 0.15) is 17.2 Å². The third-order valence-corrected chi connectivity index (χ3v) is 4.76. The quantitative estimate of drug-likeness (QED) is 0.753. The molecule has 9 heteroatoms. The van der Waals surface area contributed by atoms with Crippen molar-refractivity contribution in [3.8, 4) is 0 Å². The Hall–Kier alpha value is -2.19. The molecule has 0 unspecified atom stereocenters. The molecule has 1 amide bonds. The minimum absolute atomic E-state index is 0.0840. The minimum Gasteiger partial charge on any atom is -0.468 e. The average Bonchev–Trinajstić information content (AvgIpc) is 2.88. The zero-order chi connectivity index (χ0) is 17.9. The molecule has 0 saturated carbocycles. The van der Waals surface area contributed by atoms with Gasteiger partial charge in [-0.25, -0.2) is 9.18 Å². The maximum atomic E-state index is 13.2. The first-order valence-electron chi connectivity index (χ1n) is 6.69. The smallest absolute Gasteiger partial charge is 0.350 e. The molecular weight excluding hydrogens is 361 g/mol.